The Bertz CT molecular complexity index is 1280. The molecule has 1 aliphatic rings. The molecule has 1 heterocycles. The summed E-state index contributed by atoms with van der Waals surface area (Å²) in [6, 6.07) is 23.2. The molecule has 1 fully saturated rings. The number of para-hydroxylation sites is 2. The number of nitrogens with one attached hydrogen (secondary N) is 1. The van der Waals surface area contributed by atoms with Crippen LogP contribution in [0.15, 0.2) is 82.6 Å². The largest absolute Gasteiger partial charge is 0.452 e. The van der Waals surface area contributed by atoms with E-state index in [2.05, 4.69) is 11.4 Å². The Labute approximate surface area is 201 Å². The maximum atomic E-state index is 12.8. The van der Waals surface area contributed by atoms with E-state index in [0.29, 0.717) is 40.4 Å². The molecule has 0 aliphatic carbocycles. The van der Waals surface area contributed by atoms with E-state index < -0.39 is 18.5 Å². The van der Waals surface area contributed by atoms with E-state index in [1.165, 1.54) is 11.8 Å². The molecule has 3 aromatic rings. The summed E-state index contributed by atoms with van der Waals surface area (Å²) in [5, 5.41) is 12.1. The molecule has 34 heavy (non-hydrogen) atoms. The van der Waals surface area contributed by atoms with Crippen molar-refractivity contribution < 1.29 is 19.1 Å². The van der Waals surface area contributed by atoms with Crippen LogP contribution in [0.5, 0.6) is 0 Å². The molecule has 0 atom stereocenters. The number of nitriles is 1. The van der Waals surface area contributed by atoms with Crippen LogP contribution in [0.25, 0.3) is 0 Å². The van der Waals surface area contributed by atoms with E-state index in [1.54, 1.807) is 71.6 Å². The number of amides is 2. The maximum absolute atomic E-state index is 12.8. The highest BCUT2D eigenvalue weighted by atomic mass is 32.2. The summed E-state index contributed by atoms with van der Waals surface area (Å²) in [6.07, 6.45) is 1.26. The molecule has 1 N–H and O–H groups in total. The second-order valence-electron chi connectivity index (χ2n) is 7.50. The quantitative estimate of drug-likeness (QED) is 0.504. The summed E-state index contributed by atoms with van der Waals surface area (Å²) in [5.41, 5.74) is 1.92. The van der Waals surface area contributed by atoms with Crippen LogP contribution in [-0.2, 0) is 14.3 Å². The van der Waals surface area contributed by atoms with Crippen molar-refractivity contribution in [3.05, 3.63) is 83.9 Å². The van der Waals surface area contributed by atoms with Crippen molar-refractivity contribution in [3.8, 4) is 6.07 Å². The molecule has 7 nitrogen and oxygen atoms in total. The fourth-order valence-corrected chi connectivity index (χ4v) is 4.62. The molecule has 8 heteroatoms. The number of carbonyl (C=O) groups excluding carboxylic acids is 3. The Morgan fingerprint density at radius 1 is 1.00 bits per heavy atom. The van der Waals surface area contributed by atoms with Crippen LogP contribution in [0, 0.1) is 11.3 Å². The fourth-order valence-electron chi connectivity index (χ4n) is 3.60. The first-order valence-corrected chi connectivity index (χ1v) is 11.5. The molecule has 1 saturated heterocycles. The van der Waals surface area contributed by atoms with Gasteiger partial charge in [-0.2, -0.15) is 5.26 Å². The predicted molar refractivity (Wildman–Crippen MR) is 129 cm³/mol. The van der Waals surface area contributed by atoms with Gasteiger partial charge in [0.25, 0.3) is 5.91 Å². The summed E-state index contributed by atoms with van der Waals surface area (Å²) in [4.78, 5) is 40.4. The molecule has 0 saturated carbocycles. The number of hydrogen-bond acceptors (Lipinski definition) is 6. The molecule has 4 rings (SSSR count). The zero-order valence-electron chi connectivity index (χ0n) is 18.2. The van der Waals surface area contributed by atoms with E-state index in [4.69, 9.17) is 4.74 Å². The van der Waals surface area contributed by atoms with Gasteiger partial charge in [0.2, 0.25) is 5.91 Å². The smallest absolute Gasteiger partial charge is 0.339 e. The molecule has 0 spiro atoms. The zero-order chi connectivity index (χ0) is 23.9. The van der Waals surface area contributed by atoms with Crippen molar-refractivity contribution in [2.24, 2.45) is 0 Å². The summed E-state index contributed by atoms with van der Waals surface area (Å²) in [7, 11) is 0. The first kappa shape index (κ1) is 23.1. The van der Waals surface area contributed by atoms with Gasteiger partial charge >= 0.3 is 5.97 Å². The van der Waals surface area contributed by atoms with Gasteiger partial charge in [0.15, 0.2) is 6.61 Å². The van der Waals surface area contributed by atoms with Crippen LogP contribution in [-0.4, -0.2) is 30.9 Å². The number of esters is 1. The monoisotopic (exact) mass is 471 g/mol. The molecule has 0 aromatic heterocycles. The van der Waals surface area contributed by atoms with Crippen LogP contribution < -0.4 is 10.2 Å². The SMILES string of the molecule is N#Cc1ccccc1Sc1ccccc1C(=O)OCC(=O)Nc1ccccc1N1CCCC1=O. The van der Waals surface area contributed by atoms with E-state index in [0.717, 1.165) is 11.3 Å². The average Bonchev–Trinajstić information content (AvgIpc) is 3.29. The molecular weight excluding hydrogens is 450 g/mol. The Hall–Kier alpha value is -4.09. The molecule has 2 amide bonds. The molecule has 0 unspecified atom stereocenters. The number of hydrogen-bond donors (Lipinski definition) is 1. The van der Waals surface area contributed by atoms with Crippen molar-refractivity contribution in [3.63, 3.8) is 0 Å². The number of anilines is 2. The summed E-state index contributed by atoms with van der Waals surface area (Å²) in [6.45, 7) is 0.124. The second-order valence-corrected chi connectivity index (χ2v) is 8.58. The number of ether oxygens (including phenoxy) is 1. The van der Waals surface area contributed by atoms with Gasteiger partial charge in [-0.1, -0.05) is 48.2 Å². The van der Waals surface area contributed by atoms with Crippen molar-refractivity contribution in [2.45, 2.75) is 22.6 Å². The van der Waals surface area contributed by atoms with Crippen LogP contribution in [0.3, 0.4) is 0 Å². The molecule has 170 valence electrons. The Kier molecular flexibility index (Phi) is 7.25. The number of nitrogens with zero attached hydrogens (tertiary/aromatic N) is 2. The molecule has 3 aromatic carbocycles. The fraction of sp³-hybridized carbons (Fsp3) is 0.154. The van der Waals surface area contributed by atoms with Crippen LogP contribution in [0.1, 0.15) is 28.8 Å². The van der Waals surface area contributed by atoms with Crippen LogP contribution in [0.2, 0.25) is 0 Å². The third-order valence-corrected chi connectivity index (χ3v) is 6.36. The molecule has 0 radical (unpaired) electrons. The van der Waals surface area contributed by atoms with Crippen molar-refractivity contribution >= 4 is 40.9 Å². The topological polar surface area (TPSA) is 99.5 Å². The lowest BCUT2D eigenvalue weighted by atomic mass is 10.2. The standard InChI is InChI=1S/C26H21N3O4S/c27-16-18-8-1-5-12-22(18)34-23-13-6-2-9-19(23)26(32)33-17-24(30)28-20-10-3-4-11-21(20)29-15-7-14-25(29)31/h1-6,8-13H,7,14-15,17H2,(H,28,30). The van der Waals surface area contributed by atoms with Gasteiger partial charge in [-0.3, -0.25) is 9.59 Å². The van der Waals surface area contributed by atoms with Gasteiger partial charge in [0, 0.05) is 22.8 Å². The van der Waals surface area contributed by atoms with Gasteiger partial charge in [-0.05, 0) is 42.8 Å². The highest BCUT2D eigenvalue weighted by molar-refractivity contribution is 7.99. The Morgan fingerprint density at radius 2 is 1.71 bits per heavy atom. The zero-order valence-corrected chi connectivity index (χ0v) is 19.0. The van der Waals surface area contributed by atoms with Gasteiger partial charge in [-0.25, -0.2) is 4.79 Å². The predicted octanol–water partition coefficient (Wildman–Crippen LogP) is 4.63. The Balaban J connectivity index is 1.42. The summed E-state index contributed by atoms with van der Waals surface area (Å²) in [5.74, 6) is -1.14. The Morgan fingerprint density at radius 3 is 2.47 bits per heavy atom. The van der Waals surface area contributed by atoms with Gasteiger partial charge in [0.1, 0.15) is 6.07 Å². The van der Waals surface area contributed by atoms with Gasteiger partial charge in [-0.15, -0.1) is 0 Å². The number of rotatable bonds is 7. The minimum Gasteiger partial charge on any atom is -0.452 e. The molecule has 0 bridgehead atoms. The van der Waals surface area contributed by atoms with Gasteiger partial charge in [0.05, 0.1) is 22.5 Å². The first-order chi connectivity index (χ1) is 16.6. The van der Waals surface area contributed by atoms with Crippen molar-refractivity contribution in [1.82, 2.24) is 0 Å². The lowest BCUT2D eigenvalue weighted by molar-refractivity contribution is -0.119. The minimum absolute atomic E-state index is 0.0141. The third-order valence-electron chi connectivity index (χ3n) is 5.21. The normalized spacial score (nSPS) is 12.8. The van der Waals surface area contributed by atoms with Gasteiger partial charge < -0.3 is 15.0 Å². The summed E-state index contributed by atoms with van der Waals surface area (Å²) >= 11 is 1.29. The van der Waals surface area contributed by atoms with E-state index in [-0.39, 0.29) is 5.91 Å². The second kappa shape index (κ2) is 10.7. The minimum atomic E-state index is -0.643. The number of benzene rings is 3. The highest BCUT2D eigenvalue weighted by Gasteiger charge is 2.24. The van der Waals surface area contributed by atoms with E-state index in [9.17, 15) is 19.6 Å². The van der Waals surface area contributed by atoms with E-state index >= 15 is 0 Å². The highest BCUT2D eigenvalue weighted by Crippen LogP contribution is 2.33. The number of carbonyl (C=O) groups is 3. The first-order valence-electron chi connectivity index (χ1n) is 10.7. The summed E-state index contributed by atoms with van der Waals surface area (Å²) < 4.78 is 5.27. The van der Waals surface area contributed by atoms with E-state index in [1.807, 2.05) is 6.07 Å². The van der Waals surface area contributed by atoms with Crippen LogP contribution >= 0.6 is 11.8 Å². The molecular formula is C26H21N3O4S. The van der Waals surface area contributed by atoms with Crippen molar-refractivity contribution in [1.29, 1.82) is 5.26 Å². The maximum Gasteiger partial charge on any atom is 0.339 e. The van der Waals surface area contributed by atoms with Crippen molar-refractivity contribution in [2.75, 3.05) is 23.4 Å². The lowest BCUT2D eigenvalue weighted by Gasteiger charge is -2.20. The lowest BCUT2D eigenvalue weighted by Crippen LogP contribution is -2.27. The third kappa shape index (κ3) is 5.27. The molecule has 1 aliphatic heterocycles. The average molecular weight is 472 g/mol. The van der Waals surface area contributed by atoms with Crippen LogP contribution in [0.4, 0.5) is 11.4 Å².